The summed E-state index contributed by atoms with van der Waals surface area (Å²) in [7, 11) is 0. The van der Waals surface area contributed by atoms with E-state index in [1.165, 1.54) is 0 Å². The second-order valence-electron chi connectivity index (χ2n) is 8.87. The minimum atomic E-state index is -0.517. The van der Waals surface area contributed by atoms with E-state index >= 15 is 0 Å². The molecule has 2 heterocycles. The van der Waals surface area contributed by atoms with E-state index in [0.29, 0.717) is 42.1 Å². The van der Waals surface area contributed by atoms with Gasteiger partial charge in [-0.3, -0.25) is 4.79 Å². The third-order valence-corrected chi connectivity index (χ3v) is 7.58. The number of ketones is 1. The van der Waals surface area contributed by atoms with Crippen molar-refractivity contribution in [1.29, 1.82) is 0 Å². The summed E-state index contributed by atoms with van der Waals surface area (Å²) >= 11 is 1.72. The highest BCUT2D eigenvalue weighted by atomic mass is 32.2. The van der Waals surface area contributed by atoms with Gasteiger partial charge in [0.05, 0.1) is 5.57 Å². The lowest BCUT2D eigenvalue weighted by molar-refractivity contribution is -0.138. The Labute approximate surface area is 209 Å². The van der Waals surface area contributed by atoms with E-state index < -0.39 is 5.92 Å². The molecule has 0 radical (unpaired) electrons. The number of benzene rings is 2. The molecule has 182 valence electrons. The van der Waals surface area contributed by atoms with Gasteiger partial charge in [-0.1, -0.05) is 43.3 Å². The maximum absolute atomic E-state index is 13.7. The lowest BCUT2D eigenvalue weighted by atomic mass is 9.71. The van der Waals surface area contributed by atoms with Crippen molar-refractivity contribution in [2.75, 3.05) is 24.9 Å². The first kappa shape index (κ1) is 23.5. The zero-order valence-electron chi connectivity index (χ0n) is 20.0. The molecule has 0 aromatic heterocycles. The molecule has 2 aliphatic heterocycles. The van der Waals surface area contributed by atoms with Gasteiger partial charge in [0.1, 0.15) is 6.61 Å². The van der Waals surface area contributed by atoms with E-state index in [1.807, 2.05) is 43.3 Å². The molecule has 0 saturated heterocycles. The summed E-state index contributed by atoms with van der Waals surface area (Å²) in [6.07, 6.45) is 1.11. The van der Waals surface area contributed by atoms with Crippen molar-refractivity contribution in [3.05, 3.63) is 82.2 Å². The summed E-state index contributed by atoms with van der Waals surface area (Å²) in [6, 6.07) is 15.8. The average molecular weight is 492 g/mol. The Bertz CT molecular complexity index is 1200. The minimum Gasteiger partial charge on any atom is -0.461 e. The molecule has 1 aliphatic carbocycles. The van der Waals surface area contributed by atoms with Gasteiger partial charge in [-0.05, 0) is 48.3 Å². The van der Waals surface area contributed by atoms with Crippen LogP contribution in [0.3, 0.4) is 0 Å². The topological polar surface area (TPSA) is 73.9 Å². The van der Waals surface area contributed by atoms with Crippen molar-refractivity contribution >= 4 is 23.5 Å². The smallest absolute Gasteiger partial charge is 0.336 e. The average Bonchev–Trinajstić information content (AvgIpc) is 3.34. The van der Waals surface area contributed by atoms with Gasteiger partial charge in [-0.25, -0.2) is 4.79 Å². The summed E-state index contributed by atoms with van der Waals surface area (Å²) in [5, 5.41) is 3.41. The number of carbonyl (C=O) groups excluding carboxylic acids is 2. The second-order valence-corrected chi connectivity index (χ2v) is 10.3. The molecule has 0 amide bonds. The lowest BCUT2D eigenvalue weighted by Gasteiger charge is -2.36. The molecule has 2 aromatic carbocycles. The highest BCUT2D eigenvalue weighted by Gasteiger charge is 2.41. The number of hydrogen-bond acceptors (Lipinski definition) is 7. The first-order chi connectivity index (χ1) is 17.1. The third-order valence-electron chi connectivity index (χ3n) is 6.71. The number of thioether (sulfide) groups is 1. The summed E-state index contributed by atoms with van der Waals surface area (Å²) < 4.78 is 16.7. The number of fused-ring (bicyclic) bond motifs is 1. The maximum Gasteiger partial charge on any atom is 0.336 e. The second kappa shape index (κ2) is 10.2. The van der Waals surface area contributed by atoms with Crippen molar-refractivity contribution in [3.8, 4) is 11.5 Å². The van der Waals surface area contributed by atoms with Gasteiger partial charge >= 0.3 is 5.97 Å². The Hall–Kier alpha value is -3.19. The van der Waals surface area contributed by atoms with Crippen LogP contribution < -0.4 is 14.8 Å². The first-order valence-electron chi connectivity index (χ1n) is 12.0. The molecule has 2 aromatic rings. The molecule has 1 N–H and O–H groups in total. The van der Waals surface area contributed by atoms with Gasteiger partial charge in [0.25, 0.3) is 0 Å². The predicted octanol–water partition coefficient (Wildman–Crippen LogP) is 5.07. The molecular weight excluding hydrogens is 462 g/mol. The summed E-state index contributed by atoms with van der Waals surface area (Å²) in [4.78, 5) is 27.0. The molecule has 3 aliphatic rings. The molecular formula is C28H29NO5S. The molecule has 5 rings (SSSR count). The Balaban J connectivity index is 1.53. The predicted molar refractivity (Wildman–Crippen MR) is 136 cm³/mol. The number of Topliss-reactive ketones (excluding diaryl/α,β-unsaturated/α-hetero) is 1. The molecule has 35 heavy (non-hydrogen) atoms. The number of nitrogens with one attached hydrogen (secondary N) is 1. The highest BCUT2D eigenvalue weighted by molar-refractivity contribution is 7.99. The van der Waals surface area contributed by atoms with Crippen LogP contribution in [-0.2, 0) is 14.3 Å². The van der Waals surface area contributed by atoms with Crippen LogP contribution in [0.25, 0.3) is 0 Å². The van der Waals surface area contributed by atoms with E-state index in [0.717, 1.165) is 34.0 Å². The van der Waals surface area contributed by atoms with Gasteiger partial charge in [0, 0.05) is 35.1 Å². The normalized spacial score (nSPS) is 21.0. The first-order valence-corrected chi connectivity index (χ1v) is 13.2. The molecule has 2 atom stereocenters. The number of carbonyl (C=O) groups is 2. The van der Waals surface area contributed by atoms with Crippen molar-refractivity contribution < 1.29 is 23.8 Å². The maximum atomic E-state index is 13.7. The molecule has 0 spiro atoms. The molecule has 6 nitrogen and oxygen atoms in total. The van der Waals surface area contributed by atoms with E-state index in [2.05, 4.69) is 24.4 Å². The number of ether oxygens (including phenoxy) is 3. The van der Waals surface area contributed by atoms with Crippen molar-refractivity contribution in [2.45, 2.75) is 38.5 Å². The Morgan fingerprint density at radius 2 is 1.89 bits per heavy atom. The Kier molecular flexibility index (Phi) is 6.86. The molecule has 0 unspecified atom stereocenters. The van der Waals surface area contributed by atoms with Crippen LogP contribution in [0.4, 0.5) is 0 Å². The fourth-order valence-corrected chi connectivity index (χ4v) is 5.60. The fourth-order valence-electron chi connectivity index (χ4n) is 5.11. The van der Waals surface area contributed by atoms with Crippen molar-refractivity contribution in [2.24, 2.45) is 0 Å². The molecule has 0 saturated carbocycles. The van der Waals surface area contributed by atoms with Crippen molar-refractivity contribution in [1.82, 2.24) is 5.32 Å². The Morgan fingerprint density at radius 3 is 2.69 bits per heavy atom. The van der Waals surface area contributed by atoms with Crippen LogP contribution in [0, 0.1) is 0 Å². The minimum absolute atomic E-state index is 0.0506. The van der Waals surface area contributed by atoms with Gasteiger partial charge in [-0.15, -0.1) is 0 Å². The van der Waals surface area contributed by atoms with Crippen LogP contribution in [0.15, 0.2) is 71.1 Å². The molecule has 7 heteroatoms. The van der Waals surface area contributed by atoms with Crippen LogP contribution in [0.5, 0.6) is 11.5 Å². The summed E-state index contributed by atoms with van der Waals surface area (Å²) in [5.74, 6) is 2.23. The van der Waals surface area contributed by atoms with Gasteiger partial charge in [0.15, 0.2) is 17.3 Å². The standard InChI is InChI=1S/C28H29NO5S/c1-3-35-12-11-32-28(31)25-17(2)29-21-13-20(18-7-5-4-6-8-18)14-22(30)27(21)26(25)19-9-10-23-24(15-19)34-16-33-23/h4-10,15,20,26,29H,3,11-14,16H2,1-2H3/t20-,26+/m1/s1. The van der Waals surface area contributed by atoms with E-state index in [9.17, 15) is 9.59 Å². The van der Waals surface area contributed by atoms with Crippen molar-refractivity contribution in [3.63, 3.8) is 0 Å². The van der Waals surface area contributed by atoms with Gasteiger partial charge in [-0.2, -0.15) is 11.8 Å². The van der Waals surface area contributed by atoms with Crippen LogP contribution in [-0.4, -0.2) is 36.7 Å². The van der Waals surface area contributed by atoms with E-state index in [4.69, 9.17) is 14.2 Å². The van der Waals surface area contributed by atoms with E-state index in [1.54, 1.807) is 11.8 Å². The highest BCUT2D eigenvalue weighted by Crippen LogP contribution is 2.47. The number of hydrogen-bond donors (Lipinski definition) is 1. The van der Waals surface area contributed by atoms with Crippen LogP contribution >= 0.6 is 11.8 Å². The lowest BCUT2D eigenvalue weighted by Crippen LogP contribution is -2.36. The van der Waals surface area contributed by atoms with Crippen LogP contribution in [0.2, 0.25) is 0 Å². The quantitative estimate of drug-likeness (QED) is 0.428. The number of allylic oxidation sites excluding steroid dienone is 3. The number of dihydropyridines is 1. The Morgan fingerprint density at radius 1 is 1.09 bits per heavy atom. The van der Waals surface area contributed by atoms with Gasteiger partial charge < -0.3 is 19.5 Å². The third kappa shape index (κ3) is 4.69. The fraction of sp³-hybridized carbons (Fsp3) is 0.357. The van der Waals surface area contributed by atoms with E-state index in [-0.39, 0.29) is 24.5 Å². The SMILES string of the molecule is CCSCCOC(=O)C1=C(C)NC2=C(C(=O)C[C@H](c3ccccc3)C2)[C@H]1c1ccc2c(c1)OCO2. The molecule has 0 fully saturated rings. The monoisotopic (exact) mass is 491 g/mol. The molecule has 0 bridgehead atoms. The zero-order chi connectivity index (χ0) is 24.4. The summed E-state index contributed by atoms with van der Waals surface area (Å²) in [5.41, 5.74) is 4.71. The number of rotatable bonds is 7. The number of esters is 1. The summed E-state index contributed by atoms with van der Waals surface area (Å²) in [6.45, 7) is 4.45. The largest absolute Gasteiger partial charge is 0.461 e. The van der Waals surface area contributed by atoms with Gasteiger partial charge in [0.2, 0.25) is 6.79 Å². The zero-order valence-corrected chi connectivity index (χ0v) is 20.8. The van der Waals surface area contributed by atoms with Crippen LogP contribution in [0.1, 0.15) is 49.7 Å².